The number of carbonyl (C=O) groups excluding carboxylic acids is 2. The van der Waals surface area contributed by atoms with Crippen LogP contribution < -0.4 is 5.32 Å². The van der Waals surface area contributed by atoms with Crippen LogP contribution in [-0.4, -0.2) is 34.6 Å². The number of aryl methyl sites for hydroxylation is 1. The third-order valence-corrected chi connectivity index (χ3v) is 6.24. The maximum absolute atomic E-state index is 13.6. The number of amides is 2. The standard InChI is InChI=1S/C28H32N2O2S/c1-21(2)29-28(32)26(18-23-12-6-4-7-13-23)30(19-24-14-10-11-22(3)17-24)27(31)20-33-25-15-8-5-9-16-25/h4-17,21,26H,18-20H2,1-3H3,(H,29,32)/t26-/m0/s1. The molecule has 1 atom stereocenters. The molecule has 0 aliphatic carbocycles. The maximum atomic E-state index is 13.6. The smallest absolute Gasteiger partial charge is 0.243 e. The molecule has 0 saturated carbocycles. The van der Waals surface area contributed by atoms with Crippen LogP contribution in [0.25, 0.3) is 0 Å². The molecule has 2 amide bonds. The number of rotatable bonds is 10. The molecule has 3 aromatic rings. The van der Waals surface area contributed by atoms with Gasteiger partial charge in [0.25, 0.3) is 0 Å². The number of hydrogen-bond donors (Lipinski definition) is 1. The summed E-state index contributed by atoms with van der Waals surface area (Å²) in [5.41, 5.74) is 3.17. The van der Waals surface area contributed by atoms with Gasteiger partial charge in [-0.05, 0) is 44.0 Å². The molecule has 0 aliphatic heterocycles. The van der Waals surface area contributed by atoms with E-state index < -0.39 is 6.04 Å². The molecule has 1 N–H and O–H groups in total. The summed E-state index contributed by atoms with van der Waals surface area (Å²) in [5, 5.41) is 3.03. The van der Waals surface area contributed by atoms with Crippen molar-refractivity contribution in [1.29, 1.82) is 0 Å². The maximum Gasteiger partial charge on any atom is 0.243 e. The van der Waals surface area contributed by atoms with Crippen molar-refractivity contribution in [2.24, 2.45) is 0 Å². The first-order valence-corrected chi connectivity index (χ1v) is 12.3. The van der Waals surface area contributed by atoms with E-state index in [1.165, 1.54) is 11.8 Å². The third-order valence-electron chi connectivity index (χ3n) is 5.24. The van der Waals surface area contributed by atoms with Gasteiger partial charge in [-0.1, -0.05) is 78.4 Å². The van der Waals surface area contributed by atoms with Gasteiger partial charge in [-0.15, -0.1) is 11.8 Å². The fourth-order valence-corrected chi connectivity index (χ4v) is 4.49. The topological polar surface area (TPSA) is 49.4 Å². The highest BCUT2D eigenvalue weighted by molar-refractivity contribution is 8.00. The molecule has 172 valence electrons. The number of nitrogens with zero attached hydrogens (tertiary/aromatic N) is 1. The Labute approximate surface area is 201 Å². The van der Waals surface area contributed by atoms with E-state index >= 15 is 0 Å². The van der Waals surface area contributed by atoms with Gasteiger partial charge in [0.1, 0.15) is 6.04 Å². The molecule has 33 heavy (non-hydrogen) atoms. The van der Waals surface area contributed by atoms with Crippen molar-refractivity contribution in [3.05, 3.63) is 102 Å². The van der Waals surface area contributed by atoms with Crippen molar-refractivity contribution in [3.63, 3.8) is 0 Å². The minimum absolute atomic E-state index is 0.00890. The number of benzene rings is 3. The molecular formula is C28H32N2O2S. The molecule has 0 heterocycles. The van der Waals surface area contributed by atoms with Crippen molar-refractivity contribution in [2.45, 2.75) is 50.7 Å². The molecule has 0 saturated heterocycles. The minimum Gasteiger partial charge on any atom is -0.352 e. The van der Waals surface area contributed by atoms with Crippen LogP contribution in [0, 0.1) is 6.92 Å². The van der Waals surface area contributed by atoms with Crippen molar-refractivity contribution in [1.82, 2.24) is 10.2 Å². The molecule has 0 unspecified atom stereocenters. The Morgan fingerprint density at radius 1 is 0.879 bits per heavy atom. The summed E-state index contributed by atoms with van der Waals surface area (Å²) < 4.78 is 0. The summed E-state index contributed by atoms with van der Waals surface area (Å²) >= 11 is 1.50. The van der Waals surface area contributed by atoms with Crippen molar-refractivity contribution in [2.75, 3.05) is 5.75 Å². The van der Waals surface area contributed by atoms with Gasteiger partial charge < -0.3 is 10.2 Å². The van der Waals surface area contributed by atoms with Crippen molar-refractivity contribution in [3.8, 4) is 0 Å². The van der Waals surface area contributed by atoms with Crippen LogP contribution in [0.2, 0.25) is 0 Å². The van der Waals surface area contributed by atoms with Gasteiger partial charge in [-0.2, -0.15) is 0 Å². The van der Waals surface area contributed by atoms with Gasteiger partial charge in [0, 0.05) is 23.9 Å². The van der Waals surface area contributed by atoms with Crippen LogP contribution in [0.15, 0.2) is 89.8 Å². The van der Waals surface area contributed by atoms with Crippen LogP contribution in [0.1, 0.15) is 30.5 Å². The van der Waals surface area contributed by atoms with Crippen molar-refractivity contribution >= 4 is 23.6 Å². The Morgan fingerprint density at radius 3 is 2.15 bits per heavy atom. The van der Waals surface area contributed by atoms with Gasteiger partial charge >= 0.3 is 0 Å². The molecule has 0 fully saturated rings. The zero-order chi connectivity index (χ0) is 23.6. The van der Waals surface area contributed by atoms with E-state index in [2.05, 4.69) is 11.4 Å². The molecular weight excluding hydrogens is 428 g/mol. The lowest BCUT2D eigenvalue weighted by Crippen LogP contribution is -2.52. The van der Waals surface area contributed by atoms with Crippen LogP contribution >= 0.6 is 11.8 Å². The second-order valence-corrected chi connectivity index (χ2v) is 9.53. The Bertz CT molecular complexity index is 1040. The molecule has 5 heteroatoms. The van der Waals surface area contributed by atoms with Crippen molar-refractivity contribution < 1.29 is 9.59 Å². The molecule has 0 spiro atoms. The first-order valence-electron chi connectivity index (χ1n) is 11.3. The second-order valence-electron chi connectivity index (χ2n) is 8.48. The number of thioether (sulfide) groups is 1. The van der Waals surface area contributed by atoms with Gasteiger partial charge in [0.2, 0.25) is 11.8 Å². The minimum atomic E-state index is -0.598. The zero-order valence-corrected chi connectivity index (χ0v) is 20.3. The molecule has 4 nitrogen and oxygen atoms in total. The molecule has 3 rings (SSSR count). The van der Waals surface area contributed by atoms with Gasteiger partial charge in [-0.3, -0.25) is 9.59 Å². The van der Waals surface area contributed by atoms with Crippen LogP contribution in [0.5, 0.6) is 0 Å². The SMILES string of the molecule is Cc1cccc(CN(C(=O)CSc2ccccc2)[C@@H](Cc2ccccc2)C(=O)NC(C)C)c1. The fraction of sp³-hybridized carbons (Fsp3) is 0.286. The fourth-order valence-electron chi connectivity index (χ4n) is 3.69. The normalized spacial score (nSPS) is 11.8. The average Bonchev–Trinajstić information content (AvgIpc) is 2.80. The predicted molar refractivity (Wildman–Crippen MR) is 136 cm³/mol. The van der Waals surface area contributed by atoms with Gasteiger partial charge in [-0.25, -0.2) is 0 Å². The van der Waals surface area contributed by atoms with E-state index in [4.69, 9.17) is 0 Å². The van der Waals surface area contributed by atoms with Crippen LogP contribution in [0.4, 0.5) is 0 Å². The lowest BCUT2D eigenvalue weighted by molar-refractivity contribution is -0.139. The first-order chi connectivity index (χ1) is 15.9. The van der Waals surface area contributed by atoms with Gasteiger partial charge in [0.05, 0.1) is 5.75 Å². The summed E-state index contributed by atoms with van der Waals surface area (Å²) in [6.07, 6.45) is 0.465. The Morgan fingerprint density at radius 2 is 1.52 bits per heavy atom. The second kappa shape index (κ2) is 12.3. The number of nitrogens with one attached hydrogen (secondary N) is 1. The van der Waals surface area contributed by atoms with E-state index in [0.717, 1.165) is 21.6 Å². The lowest BCUT2D eigenvalue weighted by Gasteiger charge is -2.32. The summed E-state index contributed by atoms with van der Waals surface area (Å²) in [6, 6.07) is 27.3. The predicted octanol–water partition coefficient (Wildman–Crippen LogP) is 5.25. The summed E-state index contributed by atoms with van der Waals surface area (Å²) in [6.45, 7) is 6.30. The highest BCUT2D eigenvalue weighted by Crippen LogP contribution is 2.21. The highest BCUT2D eigenvalue weighted by atomic mass is 32.2. The average molecular weight is 461 g/mol. The highest BCUT2D eigenvalue weighted by Gasteiger charge is 2.30. The Balaban J connectivity index is 1.90. The Kier molecular flexibility index (Phi) is 9.14. The quantitative estimate of drug-likeness (QED) is 0.420. The van der Waals surface area contributed by atoms with Gasteiger partial charge in [0.15, 0.2) is 0 Å². The van der Waals surface area contributed by atoms with E-state index in [-0.39, 0.29) is 23.6 Å². The first kappa shape index (κ1) is 24.6. The molecule has 0 bridgehead atoms. The van der Waals surface area contributed by atoms with Crippen LogP contribution in [-0.2, 0) is 22.6 Å². The van der Waals surface area contributed by atoms with E-state index in [1.807, 2.05) is 99.6 Å². The molecule has 0 radical (unpaired) electrons. The van der Waals surface area contributed by atoms with E-state index in [9.17, 15) is 9.59 Å². The largest absolute Gasteiger partial charge is 0.352 e. The molecule has 0 aliphatic rings. The third kappa shape index (κ3) is 7.79. The number of carbonyl (C=O) groups is 2. The summed E-state index contributed by atoms with van der Waals surface area (Å²) in [7, 11) is 0. The monoisotopic (exact) mass is 460 g/mol. The number of hydrogen-bond acceptors (Lipinski definition) is 3. The summed E-state index contributed by atoms with van der Waals surface area (Å²) in [4.78, 5) is 29.7. The summed E-state index contributed by atoms with van der Waals surface area (Å²) in [5.74, 6) is 0.0977. The molecule has 3 aromatic carbocycles. The zero-order valence-electron chi connectivity index (χ0n) is 19.5. The van der Waals surface area contributed by atoms with E-state index in [0.29, 0.717) is 13.0 Å². The lowest BCUT2D eigenvalue weighted by atomic mass is 10.0. The van der Waals surface area contributed by atoms with E-state index in [1.54, 1.807) is 4.90 Å². The molecule has 0 aromatic heterocycles. The van der Waals surface area contributed by atoms with Crippen LogP contribution in [0.3, 0.4) is 0 Å². The Hall–Kier alpha value is -3.05.